The molecule has 0 atom stereocenters. The summed E-state index contributed by atoms with van der Waals surface area (Å²) in [5.41, 5.74) is 5.97. The van der Waals surface area contributed by atoms with Gasteiger partial charge in [-0.2, -0.15) is 0 Å². The minimum atomic E-state index is 0.275. The first-order valence-electron chi connectivity index (χ1n) is 11.5. The molecule has 174 valence electrons. The highest BCUT2D eigenvalue weighted by atomic mass is 16.5. The van der Waals surface area contributed by atoms with Crippen molar-refractivity contribution in [2.75, 3.05) is 47.9 Å². The van der Waals surface area contributed by atoms with Crippen LogP contribution in [0.5, 0.6) is 11.5 Å². The zero-order valence-corrected chi connectivity index (χ0v) is 20.3. The largest absolute Gasteiger partial charge is 0.508 e. The number of aromatic hydroxyl groups is 1. The van der Waals surface area contributed by atoms with Crippen molar-refractivity contribution < 1.29 is 9.84 Å². The molecular formula is C29H36N2O2. The third kappa shape index (κ3) is 7.48. The number of likely N-dealkylation sites (N-methyl/N-ethyl adjacent to an activating group) is 1. The smallest absolute Gasteiger partial charge is 0.119 e. The van der Waals surface area contributed by atoms with E-state index < -0.39 is 0 Å². The van der Waals surface area contributed by atoms with Gasteiger partial charge < -0.3 is 19.6 Å². The van der Waals surface area contributed by atoms with Gasteiger partial charge in [0.15, 0.2) is 0 Å². The molecule has 3 rings (SSSR count). The van der Waals surface area contributed by atoms with Crippen LogP contribution in [0, 0.1) is 0 Å². The molecule has 1 N–H and O–H groups in total. The molecular weight excluding hydrogens is 408 g/mol. The molecule has 0 aliphatic rings. The fraction of sp³-hybridized carbons (Fsp3) is 0.310. The second kappa shape index (κ2) is 12.2. The van der Waals surface area contributed by atoms with E-state index in [0.29, 0.717) is 6.61 Å². The Kier molecular flexibility index (Phi) is 9.11. The lowest BCUT2D eigenvalue weighted by Gasteiger charge is -2.19. The second-order valence-electron chi connectivity index (χ2n) is 8.85. The van der Waals surface area contributed by atoms with Gasteiger partial charge in [0.1, 0.15) is 18.1 Å². The normalized spacial score (nSPS) is 12.2. The van der Waals surface area contributed by atoms with Gasteiger partial charge in [-0.15, -0.1) is 0 Å². The number of nitrogens with zero attached hydrogens (tertiary/aromatic N) is 2. The molecule has 0 bridgehead atoms. The summed E-state index contributed by atoms with van der Waals surface area (Å²) >= 11 is 0. The van der Waals surface area contributed by atoms with Crippen molar-refractivity contribution in [2.45, 2.75) is 12.8 Å². The van der Waals surface area contributed by atoms with Crippen molar-refractivity contribution in [3.05, 3.63) is 95.6 Å². The topological polar surface area (TPSA) is 35.9 Å². The quantitative estimate of drug-likeness (QED) is 0.389. The van der Waals surface area contributed by atoms with Crippen molar-refractivity contribution in [1.82, 2.24) is 9.80 Å². The van der Waals surface area contributed by atoms with Crippen molar-refractivity contribution in [3.63, 3.8) is 0 Å². The molecule has 0 fully saturated rings. The van der Waals surface area contributed by atoms with E-state index in [1.807, 2.05) is 38.4 Å². The van der Waals surface area contributed by atoms with E-state index >= 15 is 0 Å². The van der Waals surface area contributed by atoms with Gasteiger partial charge in [0.25, 0.3) is 0 Å². The zero-order chi connectivity index (χ0) is 23.6. The van der Waals surface area contributed by atoms with E-state index in [4.69, 9.17) is 4.74 Å². The number of allylic oxidation sites excluding steroid dienone is 1. The second-order valence-corrected chi connectivity index (χ2v) is 8.85. The van der Waals surface area contributed by atoms with Gasteiger partial charge in [-0.05, 0) is 99.7 Å². The van der Waals surface area contributed by atoms with Crippen molar-refractivity contribution in [3.8, 4) is 11.5 Å². The average Bonchev–Trinajstić information content (AvgIpc) is 2.80. The van der Waals surface area contributed by atoms with Crippen molar-refractivity contribution >= 4 is 11.1 Å². The predicted molar refractivity (Wildman–Crippen MR) is 139 cm³/mol. The van der Waals surface area contributed by atoms with E-state index in [-0.39, 0.29) is 5.75 Å². The first-order chi connectivity index (χ1) is 15.9. The number of hydrogen-bond acceptors (Lipinski definition) is 4. The molecule has 0 aromatic heterocycles. The van der Waals surface area contributed by atoms with Crippen molar-refractivity contribution in [1.29, 1.82) is 0 Å². The molecule has 0 saturated carbocycles. The van der Waals surface area contributed by atoms with Crippen LogP contribution in [-0.4, -0.2) is 62.8 Å². The van der Waals surface area contributed by atoms with Gasteiger partial charge >= 0.3 is 0 Å². The van der Waals surface area contributed by atoms with Crippen LogP contribution in [0.15, 0.2) is 78.9 Å². The Labute approximate surface area is 198 Å². The van der Waals surface area contributed by atoms with Crippen LogP contribution in [-0.2, 0) is 0 Å². The van der Waals surface area contributed by atoms with Crippen LogP contribution in [0.4, 0.5) is 0 Å². The Bertz CT molecular complexity index is 1010. The Morgan fingerprint density at radius 3 is 1.85 bits per heavy atom. The summed E-state index contributed by atoms with van der Waals surface area (Å²) in [6.07, 6.45) is 2.02. The molecule has 33 heavy (non-hydrogen) atoms. The highest BCUT2D eigenvalue weighted by Gasteiger charge is 2.15. The summed E-state index contributed by atoms with van der Waals surface area (Å²) in [6, 6.07) is 26.5. The van der Waals surface area contributed by atoms with Gasteiger partial charge in [0.05, 0.1) is 0 Å². The molecule has 0 amide bonds. The molecule has 0 radical (unpaired) electrons. The van der Waals surface area contributed by atoms with Crippen LogP contribution >= 0.6 is 0 Å². The summed E-state index contributed by atoms with van der Waals surface area (Å²) in [6.45, 7) is 2.56. The Balaban J connectivity index is 2.04. The summed E-state index contributed by atoms with van der Waals surface area (Å²) in [5, 5.41) is 9.88. The van der Waals surface area contributed by atoms with Gasteiger partial charge in [-0.3, -0.25) is 0 Å². The number of hydrogen-bond donors (Lipinski definition) is 1. The maximum absolute atomic E-state index is 9.88. The Morgan fingerprint density at radius 2 is 1.27 bits per heavy atom. The number of phenols is 1. The average molecular weight is 445 g/mol. The molecule has 4 nitrogen and oxygen atoms in total. The monoisotopic (exact) mass is 444 g/mol. The summed E-state index contributed by atoms with van der Waals surface area (Å²) in [4.78, 5) is 4.34. The third-order valence-corrected chi connectivity index (χ3v) is 5.56. The Morgan fingerprint density at radius 1 is 0.697 bits per heavy atom. The van der Waals surface area contributed by atoms with E-state index in [1.165, 1.54) is 16.7 Å². The standard InChI is InChI=1S/C29H36N2O2/c1-30(2)20-8-11-28(23-9-6-5-7-10-23)29(24-12-16-26(32)17-13-24)25-14-18-27(19-15-25)33-22-21-31(3)4/h5-7,9-10,12-19,32H,8,11,20-22H2,1-4H3/b29-28-. The lowest BCUT2D eigenvalue weighted by atomic mass is 9.87. The Hall–Kier alpha value is -3.08. The number of phenolic OH excluding ortho intramolecular Hbond substituents is 1. The molecule has 0 spiro atoms. The van der Waals surface area contributed by atoms with Crippen LogP contribution < -0.4 is 4.74 Å². The van der Waals surface area contributed by atoms with Crippen LogP contribution in [0.3, 0.4) is 0 Å². The maximum Gasteiger partial charge on any atom is 0.119 e. The predicted octanol–water partition coefficient (Wildman–Crippen LogP) is 5.63. The van der Waals surface area contributed by atoms with E-state index in [1.54, 1.807) is 12.1 Å². The summed E-state index contributed by atoms with van der Waals surface area (Å²) in [5.74, 6) is 1.15. The van der Waals surface area contributed by atoms with Crippen LogP contribution in [0.1, 0.15) is 29.5 Å². The first-order valence-corrected chi connectivity index (χ1v) is 11.5. The summed E-state index contributed by atoms with van der Waals surface area (Å²) in [7, 11) is 8.31. The molecule has 0 heterocycles. The maximum atomic E-state index is 9.88. The molecule has 0 unspecified atom stereocenters. The third-order valence-electron chi connectivity index (χ3n) is 5.56. The number of ether oxygens (including phenoxy) is 1. The highest BCUT2D eigenvalue weighted by molar-refractivity contribution is 5.98. The molecule has 0 aliphatic carbocycles. The highest BCUT2D eigenvalue weighted by Crippen LogP contribution is 2.36. The van der Waals surface area contributed by atoms with Crippen molar-refractivity contribution in [2.24, 2.45) is 0 Å². The SMILES string of the molecule is CN(C)CCC/C(=C(\c1ccc(O)cc1)c1ccc(OCCN(C)C)cc1)c1ccccc1. The van der Waals surface area contributed by atoms with Gasteiger partial charge in [0.2, 0.25) is 0 Å². The van der Waals surface area contributed by atoms with Gasteiger partial charge in [0, 0.05) is 6.54 Å². The minimum absolute atomic E-state index is 0.275. The van der Waals surface area contributed by atoms with E-state index in [9.17, 15) is 5.11 Å². The number of benzene rings is 3. The fourth-order valence-electron chi connectivity index (χ4n) is 3.83. The van der Waals surface area contributed by atoms with Gasteiger partial charge in [-0.1, -0.05) is 54.6 Å². The lowest BCUT2D eigenvalue weighted by molar-refractivity contribution is 0.261. The minimum Gasteiger partial charge on any atom is -0.508 e. The molecule has 3 aromatic carbocycles. The van der Waals surface area contributed by atoms with Gasteiger partial charge in [-0.25, -0.2) is 0 Å². The molecule has 4 heteroatoms. The van der Waals surface area contributed by atoms with Crippen LogP contribution in [0.25, 0.3) is 11.1 Å². The summed E-state index contributed by atoms with van der Waals surface area (Å²) < 4.78 is 5.91. The van der Waals surface area contributed by atoms with Crippen LogP contribution in [0.2, 0.25) is 0 Å². The fourth-order valence-corrected chi connectivity index (χ4v) is 3.83. The lowest BCUT2D eigenvalue weighted by Crippen LogP contribution is -2.19. The zero-order valence-electron chi connectivity index (χ0n) is 20.3. The molecule has 0 saturated heterocycles. The van der Waals surface area contributed by atoms with E-state index in [0.717, 1.165) is 42.8 Å². The first kappa shape index (κ1) is 24.6. The number of rotatable bonds is 11. The molecule has 0 aliphatic heterocycles. The van der Waals surface area contributed by atoms with E-state index in [2.05, 4.69) is 66.4 Å². The molecule has 3 aromatic rings.